The van der Waals surface area contributed by atoms with E-state index in [1.54, 1.807) is 52.3 Å². The molecule has 0 radical (unpaired) electrons. The first kappa shape index (κ1) is 22.7. The van der Waals surface area contributed by atoms with Crippen molar-refractivity contribution in [3.8, 4) is 5.75 Å². The Morgan fingerprint density at radius 3 is 2.47 bits per heavy atom. The lowest BCUT2D eigenvalue weighted by atomic mass is 10.0. The maximum absolute atomic E-state index is 13.9. The number of benzene rings is 2. The number of amides is 2. The van der Waals surface area contributed by atoms with Crippen molar-refractivity contribution >= 4 is 33.2 Å². The van der Waals surface area contributed by atoms with Crippen molar-refractivity contribution in [1.82, 2.24) is 4.90 Å². The third-order valence-corrected chi connectivity index (χ3v) is 8.59. The second-order valence-electron chi connectivity index (χ2n) is 9.06. The fraction of sp³-hybridized carbons (Fsp3) is 0.440. The highest BCUT2D eigenvalue weighted by Gasteiger charge is 2.39. The van der Waals surface area contributed by atoms with E-state index in [2.05, 4.69) is 0 Å². The lowest BCUT2D eigenvalue weighted by molar-refractivity contribution is -0.139. The predicted molar refractivity (Wildman–Crippen MR) is 129 cm³/mol. The highest BCUT2D eigenvalue weighted by atomic mass is 32.2. The number of nitrogens with zero attached hydrogens (tertiary/aromatic N) is 3. The van der Waals surface area contributed by atoms with E-state index in [1.165, 1.54) is 11.2 Å². The second kappa shape index (κ2) is 8.94. The zero-order valence-corrected chi connectivity index (χ0v) is 20.1. The molecule has 0 aliphatic carbocycles. The van der Waals surface area contributed by atoms with E-state index < -0.39 is 16.1 Å². The molecule has 0 spiro atoms. The summed E-state index contributed by atoms with van der Waals surface area (Å²) in [4.78, 5) is 28.8. The number of para-hydroxylation sites is 2. The highest BCUT2D eigenvalue weighted by Crippen LogP contribution is 2.38. The summed E-state index contributed by atoms with van der Waals surface area (Å²) in [6.07, 6.45) is 3.58. The van der Waals surface area contributed by atoms with Gasteiger partial charge in [0.1, 0.15) is 5.75 Å². The van der Waals surface area contributed by atoms with Crippen LogP contribution in [0.4, 0.5) is 11.4 Å². The number of hydrogen-bond donors (Lipinski definition) is 0. The van der Waals surface area contributed by atoms with Gasteiger partial charge in [0.15, 0.2) is 6.10 Å². The monoisotopic (exact) mass is 483 g/mol. The van der Waals surface area contributed by atoms with E-state index in [0.29, 0.717) is 37.5 Å². The van der Waals surface area contributed by atoms with Gasteiger partial charge in [-0.15, -0.1) is 0 Å². The first-order valence-corrected chi connectivity index (χ1v) is 13.3. The molecule has 5 rings (SSSR count). The first-order chi connectivity index (χ1) is 16.4. The normalized spacial score (nSPS) is 20.3. The smallest absolute Gasteiger partial charge is 0.265 e. The number of aryl methyl sites for hydroxylation is 1. The molecule has 2 aromatic carbocycles. The molecule has 1 saturated heterocycles. The number of fused-ring (bicyclic) bond motifs is 2. The number of ether oxygens (including phenoxy) is 1. The summed E-state index contributed by atoms with van der Waals surface area (Å²) in [6, 6.07) is 11.9. The molecule has 3 aliphatic rings. The molecule has 9 heteroatoms. The van der Waals surface area contributed by atoms with E-state index in [9.17, 15) is 18.0 Å². The Morgan fingerprint density at radius 1 is 0.941 bits per heavy atom. The Balaban J connectivity index is 1.50. The molecule has 0 unspecified atom stereocenters. The van der Waals surface area contributed by atoms with Gasteiger partial charge in [-0.25, -0.2) is 8.42 Å². The second-order valence-corrected chi connectivity index (χ2v) is 10.9. The van der Waals surface area contributed by atoms with Crippen LogP contribution in [-0.4, -0.2) is 57.4 Å². The standard InChI is InChI=1S/C25H29N3O5S/c1-18(29)27-15-7-8-19-16-20(11-12-21(19)27)34(31,32)28-17-24(25(30)26-13-5-2-6-14-26)33-23-10-4-3-9-22(23)28/h3-4,9-12,16,24H,2,5-8,13-15,17H2,1H3/t24-/m0/s1. The Morgan fingerprint density at radius 2 is 1.71 bits per heavy atom. The molecular weight excluding hydrogens is 454 g/mol. The molecule has 1 fully saturated rings. The minimum atomic E-state index is -3.96. The molecule has 2 amide bonds. The molecule has 2 aromatic rings. The number of rotatable bonds is 3. The van der Waals surface area contributed by atoms with Gasteiger partial charge in [0.05, 0.1) is 17.1 Å². The van der Waals surface area contributed by atoms with Gasteiger partial charge < -0.3 is 14.5 Å². The van der Waals surface area contributed by atoms with Gasteiger partial charge in [-0.1, -0.05) is 12.1 Å². The van der Waals surface area contributed by atoms with Crippen molar-refractivity contribution in [1.29, 1.82) is 0 Å². The van der Waals surface area contributed by atoms with Crippen LogP contribution in [0.1, 0.15) is 38.2 Å². The van der Waals surface area contributed by atoms with Gasteiger partial charge in [0.2, 0.25) is 5.91 Å². The maximum atomic E-state index is 13.9. The van der Waals surface area contributed by atoms with Crippen LogP contribution in [0.3, 0.4) is 0 Å². The van der Waals surface area contributed by atoms with Crippen molar-refractivity contribution in [2.24, 2.45) is 0 Å². The summed E-state index contributed by atoms with van der Waals surface area (Å²) in [5, 5.41) is 0. The molecule has 3 aliphatic heterocycles. The van der Waals surface area contributed by atoms with Gasteiger partial charge in [-0.2, -0.15) is 0 Å². The fourth-order valence-corrected chi connectivity index (χ4v) is 6.59. The molecule has 0 bridgehead atoms. The lowest BCUT2D eigenvalue weighted by Crippen LogP contribution is -2.52. The van der Waals surface area contributed by atoms with Gasteiger partial charge in [0, 0.05) is 32.2 Å². The third kappa shape index (κ3) is 4.02. The Kier molecular flexibility index (Phi) is 5.97. The summed E-state index contributed by atoms with van der Waals surface area (Å²) >= 11 is 0. The number of likely N-dealkylation sites (tertiary alicyclic amines) is 1. The van der Waals surface area contributed by atoms with Gasteiger partial charge >= 0.3 is 0 Å². The minimum absolute atomic E-state index is 0.0577. The number of hydrogen-bond acceptors (Lipinski definition) is 5. The van der Waals surface area contributed by atoms with Crippen LogP contribution in [0.5, 0.6) is 5.75 Å². The summed E-state index contributed by atoms with van der Waals surface area (Å²) in [5.41, 5.74) is 2.02. The predicted octanol–water partition coefficient (Wildman–Crippen LogP) is 2.95. The average molecular weight is 484 g/mol. The molecule has 3 heterocycles. The van der Waals surface area contributed by atoms with Crippen LogP contribution in [0.25, 0.3) is 0 Å². The number of sulfonamides is 1. The highest BCUT2D eigenvalue weighted by molar-refractivity contribution is 7.92. The van der Waals surface area contributed by atoms with E-state index in [0.717, 1.165) is 36.9 Å². The fourth-order valence-electron chi connectivity index (χ4n) is 5.06. The van der Waals surface area contributed by atoms with Crippen LogP contribution in [0, 0.1) is 0 Å². The van der Waals surface area contributed by atoms with Crippen molar-refractivity contribution in [2.45, 2.75) is 50.0 Å². The molecule has 0 saturated carbocycles. The van der Waals surface area contributed by atoms with E-state index in [4.69, 9.17) is 4.74 Å². The van der Waals surface area contributed by atoms with Crippen molar-refractivity contribution in [2.75, 3.05) is 35.4 Å². The van der Waals surface area contributed by atoms with Crippen molar-refractivity contribution in [3.05, 3.63) is 48.0 Å². The Hall–Kier alpha value is -3.07. The van der Waals surface area contributed by atoms with Crippen molar-refractivity contribution in [3.63, 3.8) is 0 Å². The molecule has 0 N–H and O–H groups in total. The number of anilines is 2. The third-order valence-electron chi connectivity index (χ3n) is 6.82. The molecule has 0 aromatic heterocycles. The largest absolute Gasteiger partial charge is 0.476 e. The summed E-state index contributed by atoms with van der Waals surface area (Å²) in [5.74, 6) is 0.156. The van der Waals surface area contributed by atoms with Crippen LogP contribution in [0.2, 0.25) is 0 Å². The van der Waals surface area contributed by atoms with Gasteiger partial charge in [0.25, 0.3) is 15.9 Å². The van der Waals surface area contributed by atoms with Crippen LogP contribution < -0.4 is 13.9 Å². The molecule has 8 nitrogen and oxygen atoms in total. The number of piperidine rings is 1. The quantitative estimate of drug-likeness (QED) is 0.670. The Bertz CT molecular complexity index is 1220. The molecule has 180 valence electrons. The SMILES string of the molecule is CC(=O)N1CCCc2cc(S(=O)(=O)N3C[C@@H](C(=O)N4CCCCC4)Oc4ccccc43)ccc21. The number of carbonyl (C=O) groups is 2. The summed E-state index contributed by atoms with van der Waals surface area (Å²) < 4.78 is 35.0. The Labute approximate surface area is 200 Å². The zero-order valence-electron chi connectivity index (χ0n) is 19.3. The first-order valence-electron chi connectivity index (χ1n) is 11.8. The van der Waals surface area contributed by atoms with Gasteiger partial charge in [-0.3, -0.25) is 13.9 Å². The maximum Gasteiger partial charge on any atom is 0.265 e. The van der Waals surface area contributed by atoms with E-state index in [1.807, 2.05) is 0 Å². The van der Waals surface area contributed by atoms with Crippen LogP contribution in [0.15, 0.2) is 47.4 Å². The molecule has 34 heavy (non-hydrogen) atoms. The molecular formula is C25H29N3O5S. The van der Waals surface area contributed by atoms with Crippen LogP contribution in [-0.2, 0) is 26.0 Å². The van der Waals surface area contributed by atoms with Gasteiger partial charge in [-0.05, 0) is 68.0 Å². The van der Waals surface area contributed by atoms with E-state index in [-0.39, 0.29) is 23.3 Å². The summed E-state index contributed by atoms with van der Waals surface area (Å²) in [7, 11) is -3.96. The average Bonchev–Trinajstić information content (AvgIpc) is 2.87. The summed E-state index contributed by atoms with van der Waals surface area (Å²) in [6.45, 7) is 3.41. The topological polar surface area (TPSA) is 87.2 Å². The van der Waals surface area contributed by atoms with E-state index >= 15 is 0 Å². The van der Waals surface area contributed by atoms with Crippen LogP contribution >= 0.6 is 0 Å². The van der Waals surface area contributed by atoms with Crippen molar-refractivity contribution < 1.29 is 22.7 Å². The zero-order chi connectivity index (χ0) is 23.9. The number of carbonyl (C=O) groups excluding carboxylic acids is 2. The minimum Gasteiger partial charge on any atom is -0.476 e. The molecule has 1 atom stereocenters. The lowest BCUT2D eigenvalue weighted by Gasteiger charge is -2.37.